The van der Waals surface area contributed by atoms with Crippen LogP contribution in [0.1, 0.15) is 31.7 Å². The Bertz CT molecular complexity index is 468. The van der Waals surface area contributed by atoms with Crippen LogP contribution in [0.2, 0.25) is 0 Å². The second kappa shape index (κ2) is 8.97. The average molecular weight is 299 g/mol. The summed E-state index contributed by atoms with van der Waals surface area (Å²) < 4.78 is 27.5. The van der Waals surface area contributed by atoms with Gasteiger partial charge in [0.25, 0.3) is 0 Å². The summed E-state index contributed by atoms with van der Waals surface area (Å²) in [6, 6.07) is 8.02. The Balaban J connectivity index is 2.21. The maximum atomic E-state index is 11.0. The number of nitrogens with one attached hydrogen (secondary N) is 1. The fourth-order valence-corrected chi connectivity index (χ4v) is 2.40. The summed E-state index contributed by atoms with van der Waals surface area (Å²) in [5.74, 6) is 1.14. The Morgan fingerprint density at radius 3 is 2.45 bits per heavy atom. The van der Waals surface area contributed by atoms with Gasteiger partial charge in [-0.25, -0.2) is 8.42 Å². The number of benzene rings is 1. The van der Waals surface area contributed by atoms with Gasteiger partial charge in [0.1, 0.15) is 15.6 Å². The number of rotatable bonds is 10. The second-order valence-electron chi connectivity index (χ2n) is 5.01. The molecular weight excluding hydrogens is 274 g/mol. The normalized spacial score (nSPS) is 11.5. The van der Waals surface area contributed by atoms with Crippen molar-refractivity contribution in [1.82, 2.24) is 5.32 Å². The van der Waals surface area contributed by atoms with Crippen molar-refractivity contribution in [3.8, 4) is 5.75 Å². The van der Waals surface area contributed by atoms with Crippen molar-refractivity contribution < 1.29 is 13.2 Å². The monoisotopic (exact) mass is 299 g/mol. The van der Waals surface area contributed by atoms with Gasteiger partial charge in [0, 0.05) is 12.8 Å². The molecule has 0 aromatic heterocycles. The number of unbranched alkanes of at least 4 members (excludes halogenated alkanes) is 1. The van der Waals surface area contributed by atoms with Gasteiger partial charge >= 0.3 is 0 Å². The minimum Gasteiger partial charge on any atom is -0.494 e. The Morgan fingerprint density at radius 2 is 1.85 bits per heavy atom. The van der Waals surface area contributed by atoms with E-state index in [1.165, 1.54) is 11.8 Å². The Kier molecular flexibility index (Phi) is 7.62. The SMILES string of the molecule is CCCCOc1ccc(CNCCCS(C)(=O)=O)cc1. The third-order valence-corrected chi connectivity index (χ3v) is 3.92. The fraction of sp³-hybridized carbons (Fsp3) is 0.600. The quantitative estimate of drug-likeness (QED) is 0.674. The highest BCUT2D eigenvalue weighted by Crippen LogP contribution is 2.12. The summed E-state index contributed by atoms with van der Waals surface area (Å²) >= 11 is 0. The standard InChI is InChI=1S/C15H25NO3S/c1-3-4-11-19-15-8-6-14(7-9-15)13-16-10-5-12-20(2,17)18/h6-9,16H,3-5,10-13H2,1-2H3. The lowest BCUT2D eigenvalue weighted by Gasteiger charge is -2.07. The molecule has 1 rings (SSSR count). The topological polar surface area (TPSA) is 55.4 Å². The average Bonchev–Trinajstić information content (AvgIpc) is 2.39. The maximum absolute atomic E-state index is 11.0. The number of ether oxygens (including phenoxy) is 1. The van der Waals surface area contributed by atoms with E-state index in [1.807, 2.05) is 24.3 Å². The smallest absolute Gasteiger partial charge is 0.147 e. The molecule has 0 amide bonds. The molecule has 1 aromatic carbocycles. The zero-order chi connectivity index (χ0) is 14.8. The van der Waals surface area contributed by atoms with Gasteiger partial charge in [0.15, 0.2) is 0 Å². The zero-order valence-corrected chi connectivity index (χ0v) is 13.2. The molecule has 0 atom stereocenters. The number of hydrogen-bond donors (Lipinski definition) is 1. The molecular formula is C15H25NO3S. The lowest BCUT2D eigenvalue weighted by Crippen LogP contribution is -2.17. The van der Waals surface area contributed by atoms with E-state index < -0.39 is 9.84 Å². The molecule has 0 saturated heterocycles. The van der Waals surface area contributed by atoms with E-state index in [9.17, 15) is 8.42 Å². The van der Waals surface area contributed by atoms with Crippen LogP contribution in [-0.4, -0.2) is 33.6 Å². The van der Waals surface area contributed by atoms with Crippen molar-refractivity contribution in [2.24, 2.45) is 0 Å². The van der Waals surface area contributed by atoms with Crippen molar-refractivity contribution >= 4 is 9.84 Å². The van der Waals surface area contributed by atoms with Crippen LogP contribution in [0, 0.1) is 0 Å². The third-order valence-electron chi connectivity index (χ3n) is 2.89. The second-order valence-corrected chi connectivity index (χ2v) is 7.27. The van der Waals surface area contributed by atoms with Gasteiger partial charge < -0.3 is 10.1 Å². The van der Waals surface area contributed by atoms with E-state index in [0.717, 1.165) is 31.7 Å². The summed E-state index contributed by atoms with van der Waals surface area (Å²) in [4.78, 5) is 0. The third kappa shape index (κ3) is 8.17. The Labute approximate surface area is 122 Å². The molecule has 0 radical (unpaired) electrons. The van der Waals surface area contributed by atoms with E-state index in [1.54, 1.807) is 0 Å². The summed E-state index contributed by atoms with van der Waals surface area (Å²) in [7, 11) is -2.84. The van der Waals surface area contributed by atoms with Gasteiger partial charge in [-0.3, -0.25) is 0 Å². The molecule has 20 heavy (non-hydrogen) atoms. The number of sulfone groups is 1. The summed E-state index contributed by atoms with van der Waals surface area (Å²) in [6.45, 7) is 4.36. The first-order valence-electron chi connectivity index (χ1n) is 7.11. The highest BCUT2D eigenvalue weighted by molar-refractivity contribution is 7.90. The first-order chi connectivity index (χ1) is 9.51. The molecule has 0 aliphatic carbocycles. The summed E-state index contributed by atoms with van der Waals surface area (Å²) in [5, 5.41) is 3.24. The van der Waals surface area contributed by atoms with Crippen molar-refractivity contribution in [2.45, 2.75) is 32.7 Å². The van der Waals surface area contributed by atoms with Crippen LogP contribution in [0.25, 0.3) is 0 Å². The minimum absolute atomic E-state index is 0.240. The van der Waals surface area contributed by atoms with Crippen LogP contribution in [-0.2, 0) is 16.4 Å². The first kappa shape index (κ1) is 17.0. The van der Waals surface area contributed by atoms with Gasteiger partial charge in [-0.05, 0) is 37.1 Å². The molecule has 0 saturated carbocycles. The highest BCUT2D eigenvalue weighted by atomic mass is 32.2. The van der Waals surface area contributed by atoms with Gasteiger partial charge in [-0.2, -0.15) is 0 Å². The van der Waals surface area contributed by atoms with Crippen molar-refractivity contribution in [3.63, 3.8) is 0 Å². The lowest BCUT2D eigenvalue weighted by molar-refractivity contribution is 0.309. The Hall–Kier alpha value is -1.07. The van der Waals surface area contributed by atoms with E-state index in [2.05, 4.69) is 12.2 Å². The molecule has 0 spiro atoms. The predicted octanol–water partition coefficient (Wildman–Crippen LogP) is 2.39. The van der Waals surface area contributed by atoms with Crippen LogP contribution in [0.5, 0.6) is 5.75 Å². The minimum atomic E-state index is -2.84. The van der Waals surface area contributed by atoms with Gasteiger partial charge in [0.05, 0.1) is 12.4 Å². The van der Waals surface area contributed by atoms with Gasteiger partial charge in [-0.15, -0.1) is 0 Å². The van der Waals surface area contributed by atoms with Crippen LogP contribution >= 0.6 is 0 Å². The van der Waals surface area contributed by atoms with Crippen molar-refractivity contribution in [1.29, 1.82) is 0 Å². The van der Waals surface area contributed by atoms with E-state index in [0.29, 0.717) is 13.0 Å². The molecule has 5 heteroatoms. The van der Waals surface area contributed by atoms with Crippen LogP contribution in [0.15, 0.2) is 24.3 Å². The molecule has 0 fully saturated rings. The summed E-state index contributed by atoms with van der Waals surface area (Å²) in [5.41, 5.74) is 1.17. The van der Waals surface area contributed by atoms with E-state index in [4.69, 9.17) is 4.74 Å². The molecule has 1 N–H and O–H groups in total. The largest absolute Gasteiger partial charge is 0.494 e. The van der Waals surface area contributed by atoms with Crippen molar-refractivity contribution in [2.75, 3.05) is 25.2 Å². The maximum Gasteiger partial charge on any atom is 0.147 e. The summed E-state index contributed by atoms with van der Waals surface area (Å²) in [6.07, 6.45) is 4.13. The van der Waals surface area contributed by atoms with E-state index in [-0.39, 0.29) is 5.75 Å². The lowest BCUT2D eigenvalue weighted by atomic mass is 10.2. The first-order valence-corrected chi connectivity index (χ1v) is 9.17. The molecule has 1 aromatic rings. The fourth-order valence-electron chi connectivity index (χ4n) is 1.73. The molecule has 114 valence electrons. The molecule has 4 nitrogen and oxygen atoms in total. The van der Waals surface area contributed by atoms with Gasteiger partial charge in [0.2, 0.25) is 0 Å². The van der Waals surface area contributed by atoms with Crippen molar-refractivity contribution in [3.05, 3.63) is 29.8 Å². The molecule has 0 bridgehead atoms. The van der Waals surface area contributed by atoms with E-state index >= 15 is 0 Å². The molecule has 0 aliphatic rings. The zero-order valence-electron chi connectivity index (χ0n) is 12.4. The van der Waals surface area contributed by atoms with Crippen LogP contribution in [0.3, 0.4) is 0 Å². The molecule has 0 unspecified atom stereocenters. The van der Waals surface area contributed by atoms with Crippen LogP contribution < -0.4 is 10.1 Å². The Morgan fingerprint density at radius 1 is 1.15 bits per heavy atom. The molecule has 0 aliphatic heterocycles. The predicted molar refractivity (Wildman–Crippen MR) is 82.9 cm³/mol. The van der Waals surface area contributed by atoms with Crippen LogP contribution in [0.4, 0.5) is 0 Å². The van der Waals surface area contributed by atoms with Gasteiger partial charge in [-0.1, -0.05) is 25.5 Å². The molecule has 0 heterocycles. The number of hydrogen-bond acceptors (Lipinski definition) is 4. The highest BCUT2D eigenvalue weighted by Gasteiger charge is 2.01.